The summed E-state index contributed by atoms with van der Waals surface area (Å²) in [7, 11) is 0. The van der Waals surface area contributed by atoms with Crippen LogP contribution >= 0.6 is 0 Å². The summed E-state index contributed by atoms with van der Waals surface area (Å²) in [6.45, 7) is -0.173. The van der Waals surface area contributed by atoms with Crippen LogP contribution < -0.4 is 0 Å². The lowest BCUT2D eigenvalue weighted by Gasteiger charge is -2.00. The summed E-state index contributed by atoms with van der Waals surface area (Å²) >= 11 is 0. The summed E-state index contributed by atoms with van der Waals surface area (Å²) in [5.41, 5.74) is 3.85. The van der Waals surface area contributed by atoms with Crippen molar-refractivity contribution in [2.24, 2.45) is 0 Å². The molecule has 5 nitrogen and oxygen atoms in total. The molecule has 0 aliphatic carbocycles. The van der Waals surface area contributed by atoms with Gasteiger partial charge in [0.25, 0.3) is 0 Å². The topological polar surface area (TPSA) is 72.0 Å². The molecule has 1 aromatic carbocycles. The lowest BCUT2D eigenvalue weighted by molar-refractivity contribution is 0.315. The van der Waals surface area contributed by atoms with Crippen molar-refractivity contribution < 1.29 is 9.74 Å². The molecule has 0 aliphatic rings. The highest BCUT2D eigenvalue weighted by molar-refractivity contribution is 5.90. The van der Waals surface area contributed by atoms with Crippen LogP contribution in [-0.4, -0.2) is 27.0 Å². The van der Waals surface area contributed by atoms with E-state index in [1.165, 1.54) is 0 Å². The maximum atomic E-state index is 8.63. The summed E-state index contributed by atoms with van der Waals surface area (Å²) in [6.07, 6.45) is 1.71. The number of rotatable bonds is 1. The Hall–Kier alpha value is -2.71. The SMILES string of the molecule is OCC#Cc1ccc(-c2cccc3nonc23)cn1. The normalized spacial score (nSPS) is 10.2. The second-order valence-corrected chi connectivity index (χ2v) is 3.83. The lowest BCUT2D eigenvalue weighted by atomic mass is 10.1. The van der Waals surface area contributed by atoms with Gasteiger partial charge in [0.1, 0.15) is 23.3 Å². The Kier molecular flexibility index (Phi) is 2.93. The summed E-state index contributed by atoms with van der Waals surface area (Å²) in [5.74, 6) is 5.30. The molecule has 0 spiro atoms. The standard InChI is InChI=1S/C14H9N3O2/c18-8-2-3-11-7-6-10(9-15-11)12-4-1-5-13-14(12)17-19-16-13/h1,4-7,9,18H,8H2. The van der Waals surface area contributed by atoms with E-state index in [2.05, 4.69) is 27.1 Å². The molecule has 0 unspecified atom stereocenters. The fourth-order valence-corrected chi connectivity index (χ4v) is 1.80. The number of aliphatic hydroxyl groups is 1. The van der Waals surface area contributed by atoms with Gasteiger partial charge in [-0.1, -0.05) is 18.1 Å². The number of fused-ring (bicyclic) bond motifs is 1. The van der Waals surface area contributed by atoms with E-state index in [-0.39, 0.29) is 6.61 Å². The van der Waals surface area contributed by atoms with E-state index in [9.17, 15) is 0 Å². The first kappa shape index (κ1) is 11.4. The Morgan fingerprint density at radius 1 is 1.16 bits per heavy atom. The molecule has 1 N–H and O–H groups in total. The van der Waals surface area contributed by atoms with E-state index in [1.807, 2.05) is 24.3 Å². The number of pyridine rings is 1. The van der Waals surface area contributed by atoms with Gasteiger partial charge in [0, 0.05) is 17.3 Å². The average Bonchev–Trinajstić information content (AvgIpc) is 2.94. The summed E-state index contributed by atoms with van der Waals surface area (Å²) in [5, 5.41) is 16.3. The van der Waals surface area contributed by atoms with Gasteiger partial charge in [-0.05, 0) is 34.4 Å². The minimum absolute atomic E-state index is 0.173. The van der Waals surface area contributed by atoms with Gasteiger partial charge in [-0.3, -0.25) is 0 Å². The molecule has 2 heterocycles. The van der Waals surface area contributed by atoms with E-state index >= 15 is 0 Å². The predicted octanol–water partition coefficient (Wildman–Crippen LogP) is 1.63. The Morgan fingerprint density at radius 2 is 2.11 bits per heavy atom. The quantitative estimate of drug-likeness (QED) is 0.665. The van der Waals surface area contributed by atoms with Crippen LogP contribution in [0.3, 0.4) is 0 Å². The van der Waals surface area contributed by atoms with Crippen molar-refractivity contribution in [1.82, 2.24) is 15.3 Å². The third-order valence-corrected chi connectivity index (χ3v) is 2.66. The van der Waals surface area contributed by atoms with Crippen LogP contribution in [0.15, 0.2) is 41.2 Å². The zero-order valence-electron chi connectivity index (χ0n) is 9.87. The summed E-state index contributed by atoms with van der Waals surface area (Å²) in [4.78, 5) is 4.22. The molecule has 0 bridgehead atoms. The highest BCUT2D eigenvalue weighted by Gasteiger charge is 2.08. The molecule has 0 saturated carbocycles. The molecule has 0 saturated heterocycles. The highest BCUT2D eigenvalue weighted by atomic mass is 16.6. The third kappa shape index (κ3) is 2.17. The highest BCUT2D eigenvalue weighted by Crippen LogP contribution is 2.25. The van der Waals surface area contributed by atoms with Crippen molar-refractivity contribution in [3.63, 3.8) is 0 Å². The minimum atomic E-state index is -0.173. The van der Waals surface area contributed by atoms with Crippen molar-refractivity contribution in [3.05, 3.63) is 42.2 Å². The van der Waals surface area contributed by atoms with Crippen molar-refractivity contribution in [2.75, 3.05) is 6.61 Å². The molecular weight excluding hydrogens is 242 g/mol. The van der Waals surface area contributed by atoms with Gasteiger partial charge < -0.3 is 5.11 Å². The zero-order chi connectivity index (χ0) is 13.1. The first-order chi connectivity index (χ1) is 9.38. The first-order valence-electron chi connectivity index (χ1n) is 5.66. The second kappa shape index (κ2) is 4.88. The molecular formula is C14H9N3O2. The molecule has 3 rings (SSSR count). The molecule has 0 fully saturated rings. The van der Waals surface area contributed by atoms with E-state index in [0.29, 0.717) is 16.7 Å². The minimum Gasteiger partial charge on any atom is -0.384 e. The number of aliphatic hydroxyl groups excluding tert-OH is 1. The van der Waals surface area contributed by atoms with Crippen molar-refractivity contribution >= 4 is 11.0 Å². The molecule has 0 radical (unpaired) electrons. The van der Waals surface area contributed by atoms with E-state index in [1.54, 1.807) is 12.3 Å². The average molecular weight is 251 g/mol. The number of nitrogens with zero attached hydrogens (tertiary/aromatic N) is 3. The molecule has 92 valence electrons. The van der Waals surface area contributed by atoms with Crippen molar-refractivity contribution in [2.45, 2.75) is 0 Å². The smallest absolute Gasteiger partial charge is 0.143 e. The molecule has 0 amide bonds. The monoisotopic (exact) mass is 251 g/mol. The lowest BCUT2D eigenvalue weighted by Crippen LogP contribution is -1.86. The van der Waals surface area contributed by atoms with Gasteiger partial charge in [0.2, 0.25) is 0 Å². The van der Waals surface area contributed by atoms with Gasteiger partial charge in [0.05, 0.1) is 0 Å². The van der Waals surface area contributed by atoms with Crippen LogP contribution in [0.4, 0.5) is 0 Å². The first-order valence-corrected chi connectivity index (χ1v) is 5.66. The fourth-order valence-electron chi connectivity index (χ4n) is 1.80. The Labute approximate surface area is 108 Å². The van der Waals surface area contributed by atoms with Crippen LogP contribution in [0.2, 0.25) is 0 Å². The van der Waals surface area contributed by atoms with Crippen LogP contribution in [0.5, 0.6) is 0 Å². The fraction of sp³-hybridized carbons (Fsp3) is 0.0714. The summed E-state index contributed by atoms with van der Waals surface area (Å²) < 4.78 is 4.73. The second-order valence-electron chi connectivity index (χ2n) is 3.83. The Morgan fingerprint density at radius 3 is 2.89 bits per heavy atom. The Bertz CT molecular complexity index is 766. The number of hydrogen-bond donors (Lipinski definition) is 1. The van der Waals surface area contributed by atoms with Crippen LogP contribution in [-0.2, 0) is 0 Å². The van der Waals surface area contributed by atoms with Crippen molar-refractivity contribution in [1.29, 1.82) is 0 Å². The van der Waals surface area contributed by atoms with E-state index in [4.69, 9.17) is 9.74 Å². The van der Waals surface area contributed by atoms with Crippen LogP contribution in [0, 0.1) is 11.8 Å². The van der Waals surface area contributed by atoms with Crippen molar-refractivity contribution in [3.8, 4) is 23.0 Å². The van der Waals surface area contributed by atoms with Gasteiger partial charge >= 0.3 is 0 Å². The molecule has 5 heteroatoms. The molecule has 2 aromatic heterocycles. The van der Waals surface area contributed by atoms with Crippen LogP contribution in [0.25, 0.3) is 22.2 Å². The molecule has 0 atom stereocenters. The van der Waals surface area contributed by atoms with E-state index in [0.717, 1.165) is 11.1 Å². The Balaban J connectivity index is 2.04. The van der Waals surface area contributed by atoms with Gasteiger partial charge in [-0.15, -0.1) is 0 Å². The number of benzene rings is 1. The van der Waals surface area contributed by atoms with E-state index < -0.39 is 0 Å². The predicted molar refractivity (Wildman–Crippen MR) is 69.0 cm³/mol. The summed E-state index contributed by atoms with van der Waals surface area (Å²) in [6, 6.07) is 9.36. The third-order valence-electron chi connectivity index (χ3n) is 2.66. The van der Waals surface area contributed by atoms with Crippen LogP contribution in [0.1, 0.15) is 5.69 Å². The van der Waals surface area contributed by atoms with Gasteiger partial charge in [-0.25, -0.2) is 9.61 Å². The maximum absolute atomic E-state index is 8.63. The molecule has 0 aliphatic heterocycles. The number of aromatic nitrogens is 3. The van der Waals surface area contributed by atoms with Gasteiger partial charge in [-0.2, -0.15) is 0 Å². The molecule has 3 aromatic rings. The largest absolute Gasteiger partial charge is 0.384 e. The van der Waals surface area contributed by atoms with Gasteiger partial charge in [0.15, 0.2) is 0 Å². The molecule has 19 heavy (non-hydrogen) atoms. The zero-order valence-corrected chi connectivity index (χ0v) is 9.87. The number of hydrogen-bond acceptors (Lipinski definition) is 5. The maximum Gasteiger partial charge on any atom is 0.143 e.